The van der Waals surface area contributed by atoms with Crippen LogP contribution in [0.2, 0.25) is 0 Å². The molecule has 0 aromatic heterocycles. The highest BCUT2D eigenvalue weighted by molar-refractivity contribution is 5.33. The fourth-order valence-electron chi connectivity index (χ4n) is 1.64. The lowest BCUT2D eigenvalue weighted by atomic mass is 9.95. The minimum absolute atomic E-state index is 0.0902. The van der Waals surface area contributed by atoms with Gasteiger partial charge in [0, 0.05) is 6.04 Å². The van der Waals surface area contributed by atoms with Gasteiger partial charge in [0.05, 0.1) is 0 Å². The molecule has 0 amide bonds. The summed E-state index contributed by atoms with van der Waals surface area (Å²) in [7, 11) is 0. The predicted octanol–water partition coefficient (Wildman–Crippen LogP) is 3.27. The zero-order valence-corrected chi connectivity index (χ0v) is 9.30. The van der Waals surface area contributed by atoms with Gasteiger partial charge in [-0.15, -0.1) is 6.58 Å². The summed E-state index contributed by atoms with van der Waals surface area (Å²) < 4.78 is 0. The molecular formula is C13H19N. The quantitative estimate of drug-likeness (QED) is 0.726. The van der Waals surface area contributed by atoms with Gasteiger partial charge in [-0.2, -0.15) is 0 Å². The molecule has 1 nitrogen and oxygen atoms in total. The van der Waals surface area contributed by atoms with Crippen LogP contribution in [0.5, 0.6) is 0 Å². The second-order valence-electron chi connectivity index (χ2n) is 4.13. The number of benzene rings is 1. The summed E-state index contributed by atoms with van der Waals surface area (Å²) in [5.41, 5.74) is 11.0. The molecule has 1 unspecified atom stereocenters. The van der Waals surface area contributed by atoms with Crippen molar-refractivity contribution in [2.75, 3.05) is 0 Å². The van der Waals surface area contributed by atoms with Crippen LogP contribution >= 0.6 is 0 Å². The van der Waals surface area contributed by atoms with Crippen LogP contribution in [0.15, 0.2) is 30.4 Å². The van der Waals surface area contributed by atoms with Gasteiger partial charge >= 0.3 is 0 Å². The Bertz CT molecular complexity index is 339. The van der Waals surface area contributed by atoms with Gasteiger partial charge in [-0.1, -0.05) is 29.3 Å². The van der Waals surface area contributed by atoms with Gasteiger partial charge in [-0.05, 0) is 38.3 Å². The Morgan fingerprint density at radius 3 is 2.64 bits per heavy atom. The van der Waals surface area contributed by atoms with Crippen molar-refractivity contribution in [2.24, 2.45) is 5.73 Å². The van der Waals surface area contributed by atoms with Gasteiger partial charge < -0.3 is 5.73 Å². The highest BCUT2D eigenvalue weighted by atomic mass is 14.6. The average molecular weight is 189 g/mol. The summed E-state index contributed by atoms with van der Waals surface area (Å²) in [6, 6.07) is 6.51. The van der Waals surface area contributed by atoms with E-state index in [1.54, 1.807) is 0 Å². The van der Waals surface area contributed by atoms with E-state index in [1.165, 1.54) is 16.7 Å². The van der Waals surface area contributed by atoms with Gasteiger partial charge in [0.1, 0.15) is 0 Å². The maximum absolute atomic E-state index is 6.10. The number of nitrogens with two attached hydrogens (primary N) is 1. The fraction of sp³-hybridized carbons (Fsp3) is 0.385. The molecule has 0 bridgehead atoms. The minimum atomic E-state index is 0.0902. The minimum Gasteiger partial charge on any atom is -0.324 e. The Hall–Kier alpha value is -1.08. The Morgan fingerprint density at radius 2 is 2.07 bits per heavy atom. The topological polar surface area (TPSA) is 26.0 Å². The number of hydrogen-bond donors (Lipinski definition) is 1. The third-order valence-corrected chi connectivity index (χ3v) is 2.40. The summed E-state index contributed by atoms with van der Waals surface area (Å²) in [6.45, 7) is 10.1. The number of hydrogen-bond acceptors (Lipinski definition) is 1. The van der Waals surface area contributed by atoms with Crippen LogP contribution in [0.3, 0.4) is 0 Å². The summed E-state index contributed by atoms with van der Waals surface area (Å²) in [5.74, 6) is 0. The molecule has 1 aromatic rings. The molecule has 0 aliphatic carbocycles. The van der Waals surface area contributed by atoms with Crippen molar-refractivity contribution in [3.63, 3.8) is 0 Å². The predicted molar refractivity (Wildman–Crippen MR) is 62.3 cm³/mol. The standard InChI is InChI=1S/C13H19N/c1-9(2)7-13(14)12-8-10(3)5-6-11(12)4/h5-6,8,13H,1,7,14H2,2-4H3. The van der Waals surface area contributed by atoms with Gasteiger partial charge in [0.25, 0.3) is 0 Å². The highest BCUT2D eigenvalue weighted by Gasteiger charge is 2.08. The zero-order chi connectivity index (χ0) is 10.7. The second-order valence-corrected chi connectivity index (χ2v) is 4.13. The molecule has 1 atom stereocenters. The first-order valence-electron chi connectivity index (χ1n) is 4.98. The van der Waals surface area contributed by atoms with E-state index in [1.807, 2.05) is 6.92 Å². The van der Waals surface area contributed by atoms with Crippen molar-refractivity contribution < 1.29 is 0 Å². The van der Waals surface area contributed by atoms with Crippen LogP contribution in [0.25, 0.3) is 0 Å². The Balaban J connectivity index is 2.93. The molecule has 0 heterocycles. The monoisotopic (exact) mass is 189 g/mol. The number of rotatable bonds is 3. The van der Waals surface area contributed by atoms with Crippen LogP contribution < -0.4 is 5.73 Å². The normalized spacial score (nSPS) is 12.6. The molecule has 1 heteroatoms. The second kappa shape index (κ2) is 4.43. The van der Waals surface area contributed by atoms with Crippen molar-refractivity contribution >= 4 is 0 Å². The number of aryl methyl sites for hydroxylation is 2. The SMILES string of the molecule is C=C(C)CC(N)c1cc(C)ccc1C. The maximum Gasteiger partial charge on any atom is 0.0335 e. The molecule has 0 fully saturated rings. The van der Waals surface area contributed by atoms with Crippen molar-refractivity contribution in [1.29, 1.82) is 0 Å². The van der Waals surface area contributed by atoms with E-state index >= 15 is 0 Å². The molecule has 76 valence electrons. The summed E-state index contributed by atoms with van der Waals surface area (Å²) in [6.07, 6.45) is 0.865. The van der Waals surface area contributed by atoms with Gasteiger partial charge in [-0.25, -0.2) is 0 Å². The summed E-state index contributed by atoms with van der Waals surface area (Å²) >= 11 is 0. The van der Waals surface area contributed by atoms with Crippen LogP contribution in [0.4, 0.5) is 0 Å². The highest BCUT2D eigenvalue weighted by Crippen LogP contribution is 2.22. The smallest absolute Gasteiger partial charge is 0.0335 e. The van der Waals surface area contributed by atoms with Crippen LogP contribution in [0, 0.1) is 13.8 Å². The average Bonchev–Trinajstić information content (AvgIpc) is 2.08. The molecule has 0 saturated carbocycles. The first kappa shape index (κ1) is 11.0. The van der Waals surface area contributed by atoms with E-state index < -0.39 is 0 Å². The Kier molecular flexibility index (Phi) is 3.48. The van der Waals surface area contributed by atoms with Crippen molar-refractivity contribution in [3.05, 3.63) is 47.0 Å². The van der Waals surface area contributed by atoms with E-state index in [-0.39, 0.29) is 6.04 Å². The largest absolute Gasteiger partial charge is 0.324 e. The molecule has 0 aliphatic heterocycles. The molecule has 14 heavy (non-hydrogen) atoms. The molecule has 1 rings (SSSR count). The molecule has 1 aromatic carbocycles. The first-order valence-corrected chi connectivity index (χ1v) is 4.98. The van der Waals surface area contributed by atoms with E-state index in [9.17, 15) is 0 Å². The van der Waals surface area contributed by atoms with Crippen LogP contribution in [0.1, 0.15) is 36.1 Å². The van der Waals surface area contributed by atoms with Gasteiger partial charge in [-0.3, -0.25) is 0 Å². The molecular weight excluding hydrogens is 170 g/mol. The van der Waals surface area contributed by atoms with Crippen molar-refractivity contribution in [3.8, 4) is 0 Å². The molecule has 0 spiro atoms. The summed E-state index contributed by atoms with van der Waals surface area (Å²) in [5, 5.41) is 0. The first-order chi connectivity index (χ1) is 6.50. The Labute approximate surface area is 86.6 Å². The Morgan fingerprint density at radius 1 is 1.43 bits per heavy atom. The lowest BCUT2D eigenvalue weighted by molar-refractivity contribution is 0.711. The summed E-state index contributed by atoms with van der Waals surface area (Å²) in [4.78, 5) is 0. The maximum atomic E-state index is 6.10. The lowest BCUT2D eigenvalue weighted by Gasteiger charge is -2.15. The fourth-order valence-corrected chi connectivity index (χ4v) is 1.64. The van der Waals surface area contributed by atoms with Crippen molar-refractivity contribution in [1.82, 2.24) is 0 Å². The zero-order valence-electron chi connectivity index (χ0n) is 9.30. The molecule has 2 N–H and O–H groups in total. The third kappa shape index (κ3) is 2.71. The van der Waals surface area contributed by atoms with E-state index in [0.29, 0.717) is 0 Å². The molecule has 0 aliphatic rings. The van der Waals surface area contributed by atoms with Gasteiger partial charge in [0.2, 0.25) is 0 Å². The third-order valence-electron chi connectivity index (χ3n) is 2.40. The van der Waals surface area contributed by atoms with Gasteiger partial charge in [0.15, 0.2) is 0 Å². The van der Waals surface area contributed by atoms with E-state index in [4.69, 9.17) is 5.73 Å². The van der Waals surface area contributed by atoms with E-state index in [0.717, 1.165) is 12.0 Å². The van der Waals surface area contributed by atoms with Crippen LogP contribution in [-0.2, 0) is 0 Å². The van der Waals surface area contributed by atoms with Crippen LogP contribution in [-0.4, -0.2) is 0 Å². The lowest BCUT2D eigenvalue weighted by Crippen LogP contribution is -2.12. The van der Waals surface area contributed by atoms with Crippen molar-refractivity contribution in [2.45, 2.75) is 33.2 Å². The molecule has 0 radical (unpaired) electrons. The molecule has 0 saturated heterocycles. The van der Waals surface area contributed by atoms with E-state index in [2.05, 4.69) is 38.6 Å².